The maximum Gasteiger partial charge on any atom is 0.0171 e. The van der Waals surface area contributed by atoms with Crippen LogP contribution in [0, 0.1) is 5.41 Å². The third-order valence-corrected chi connectivity index (χ3v) is 2.12. The molecule has 0 atom stereocenters. The van der Waals surface area contributed by atoms with E-state index in [-0.39, 0.29) is 0 Å². The molecule has 0 aliphatic rings. The normalized spacial score (nSPS) is 11.5. The second-order valence-electron chi connectivity index (χ2n) is 5.08. The first-order valence-electron chi connectivity index (χ1n) is 5.25. The van der Waals surface area contributed by atoms with Crippen molar-refractivity contribution in [1.29, 1.82) is 0 Å². The molecule has 0 amide bonds. The zero-order valence-electron chi connectivity index (χ0n) is 9.98. The summed E-state index contributed by atoms with van der Waals surface area (Å²) in [5.74, 6) is 0. The average Bonchev–Trinajstić information content (AvgIpc) is 1.96. The summed E-state index contributed by atoms with van der Waals surface area (Å²) in [6.45, 7) is 14.3. The van der Waals surface area contributed by atoms with Crippen LogP contribution in [-0.4, -0.2) is 18.5 Å². The Hall–Kier alpha value is -0.460. The van der Waals surface area contributed by atoms with E-state index in [1.54, 1.807) is 0 Å². The van der Waals surface area contributed by atoms with E-state index in [1.165, 1.54) is 18.5 Å². The highest BCUT2D eigenvalue weighted by atomic mass is 15.1. The van der Waals surface area contributed by atoms with Gasteiger partial charge in [-0.15, -0.1) is 0 Å². The first-order chi connectivity index (χ1) is 5.87. The molecule has 13 heavy (non-hydrogen) atoms. The van der Waals surface area contributed by atoms with Crippen LogP contribution in [0.4, 0.5) is 0 Å². The van der Waals surface area contributed by atoms with Crippen molar-refractivity contribution in [2.75, 3.05) is 13.6 Å². The second kappa shape index (κ2) is 5.31. The molecule has 78 valence electrons. The molecule has 0 aromatic rings. The number of hydrogen-bond acceptors (Lipinski definition) is 1. The van der Waals surface area contributed by atoms with Crippen LogP contribution in [-0.2, 0) is 0 Å². The summed E-state index contributed by atoms with van der Waals surface area (Å²) in [6, 6.07) is 0. The molecule has 0 bridgehead atoms. The van der Waals surface area contributed by atoms with Gasteiger partial charge in [0.05, 0.1) is 0 Å². The van der Waals surface area contributed by atoms with E-state index in [0.717, 1.165) is 13.0 Å². The Morgan fingerprint density at radius 3 is 2.23 bits per heavy atom. The monoisotopic (exact) mass is 183 g/mol. The molecule has 1 heteroatoms. The third kappa shape index (κ3) is 6.68. The van der Waals surface area contributed by atoms with Gasteiger partial charge in [0.1, 0.15) is 0 Å². The van der Waals surface area contributed by atoms with E-state index >= 15 is 0 Å². The fraction of sp³-hybridized carbons (Fsp3) is 0.833. The van der Waals surface area contributed by atoms with Crippen LogP contribution in [0.3, 0.4) is 0 Å². The van der Waals surface area contributed by atoms with Crippen molar-refractivity contribution >= 4 is 0 Å². The largest absolute Gasteiger partial charge is 0.378 e. The summed E-state index contributed by atoms with van der Waals surface area (Å²) in [5, 5.41) is 0. The molecule has 0 fully saturated rings. The predicted molar refractivity (Wildman–Crippen MR) is 60.8 cm³/mol. The summed E-state index contributed by atoms with van der Waals surface area (Å²) in [5.41, 5.74) is 1.62. The number of unbranched alkanes of at least 4 members (excludes halogenated alkanes) is 1. The van der Waals surface area contributed by atoms with E-state index in [0.29, 0.717) is 5.41 Å². The van der Waals surface area contributed by atoms with Crippen molar-refractivity contribution in [1.82, 2.24) is 4.90 Å². The van der Waals surface area contributed by atoms with E-state index in [4.69, 9.17) is 0 Å². The standard InChI is InChI=1S/C12H25N/c1-7-8-9-13(6)11(2)10-12(3,4)5/h2,7-10H2,1,3-6H3. The average molecular weight is 183 g/mol. The van der Waals surface area contributed by atoms with Crippen LogP contribution >= 0.6 is 0 Å². The highest BCUT2D eigenvalue weighted by molar-refractivity contribution is 4.95. The van der Waals surface area contributed by atoms with Crippen molar-refractivity contribution in [3.05, 3.63) is 12.3 Å². The summed E-state index contributed by atoms with van der Waals surface area (Å²) in [6.07, 6.45) is 3.61. The molecule has 0 unspecified atom stereocenters. The third-order valence-electron chi connectivity index (χ3n) is 2.12. The van der Waals surface area contributed by atoms with Gasteiger partial charge in [-0.25, -0.2) is 0 Å². The highest BCUT2D eigenvalue weighted by Crippen LogP contribution is 2.24. The summed E-state index contributed by atoms with van der Waals surface area (Å²) in [7, 11) is 2.14. The van der Waals surface area contributed by atoms with Crippen LogP contribution < -0.4 is 0 Å². The first kappa shape index (κ1) is 12.5. The Kier molecular flexibility index (Phi) is 5.12. The molecule has 0 saturated heterocycles. The van der Waals surface area contributed by atoms with Gasteiger partial charge in [0, 0.05) is 19.3 Å². The van der Waals surface area contributed by atoms with Crippen LogP contribution in [0.25, 0.3) is 0 Å². The quantitative estimate of drug-likeness (QED) is 0.628. The molecule has 0 saturated carbocycles. The van der Waals surface area contributed by atoms with Gasteiger partial charge in [0.15, 0.2) is 0 Å². The Labute approximate surface area is 83.8 Å². The van der Waals surface area contributed by atoms with Crippen molar-refractivity contribution in [2.45, 2.75) is 47.0 Å². The van der Waals surface area contributed by atoms with Crippen LogP contribution in [0.1, 0.15) is 47.0 Å². The Morgan fingerprint density at radius 1 is 1.31 bits per heavy atom. The van der Waals surface area contributed by atoms with Gasteiger partial charge in [-0.3, -0.25) is 0 Å². The molecular weight excluding hydrogens is 158 g/mol. The molecule has 0 rings (SSSR count). The SMILES string of the molecule is C=C(CC(C)(C)C)N(C)CCCC. The molecule has 0 aromatic carbocycles. The lowest BCUT2D eigenvalue weighted by Crippen LogP contribution is -2.21. The molecule has 0 aromatic heterocycles. The van der Waals surface area contributed by atoms with E-state index in [2.05, 4.69) is 46.2 Å². The molecule has 0 spiro atoms. The Balaban J connectivity index is 3.83. The van der Waals surface area contributed by atoms with Gasteiger partial charge in [-0.1, -0.05) is 40.7 Å². The van der Waals surface area contributed by atoms with Crippen molar-refractivity contribution in [3.8, 4) is 0 Å². The topological polar surface area (TPSA) is 3.24 Å². The van der Waals surface area contributed by atoms with Gasteiger partial charge in [-0.2, -0.15) is 0 Å². The zero-order valence-corrected chi connectivity index (χ0v) is 9.98. The Bertz CT molecular complexity index is 153. The van der Waals surface area contributed by atoms with E-state index in [9.17, 15) is 0 Å². The van der Waals surface area contributed by atoms with E-state index in [1.807, 2.05) is 0 Å². The van der Waals surface area contributed by atoms with E-state index < -0.39 is 0 Å². The van der Waals surface area contributed by atoms with Gasteiger partial charge in [0.25, 0.3) is 0 Å². The van der Waals surface area contributed by atoms with Gasteiger partial charge in [-0.05, 0) is 18.3 Å². The smallest absolute Gasteiger partial charge is 0.0171 e. The summed E-state index contributed by atoms with van der Waals surface area (Å²) >= 11 is 0. The maximum atomic E-state index is 4.12. The minimum absolute atomic E-state index is 0.359. The molecule has 0 radical (unpaired) electrons. The van der Waals surface area contributed by atoms with Crippen LogP contribution in [0.15, 0.2) is 12.3 Å². The minimum Gasteiger partial charge on any atom is -0.378 e. The van der Waals surface area contributed by atoms with Crippen LogP contribution in [0.5, 0.6) is 0 Å². The molecule has 0 aliphatic carbocycles. The fourth-order valence-corrected chi connectivity index (χ4v) is 1.30. The number of allylic oxidation sites excluding steroid dienone is 1. The number of hydrogen-bond donors (Lipinski definition) is 0. The molecule has 0 heterocycles. The highest BCUT2D eigenvalue weighted by Gasteiger charge is 2.13. The van der Waals surface area contributed by atoms with Crippen molar-refractivity contribution in [3.63, 3.8) is 0 Å². The lowest BCUT2D eigenvalue weighted by Gasteiger charge is -2.27. The maximum absolute atomic E-state index is 4.12. The lowest BCUT2D eigenvalue weighted by atomic mass is 9.90. The van der Waals surface area contributed by atoms with Crippen LogP contribution in [0.2, 0.25) is 0 Å². The van der Waals surface area contributed by atoms with Gasteiger partial charge < -0.3 is 4.90 Å². The minimum atomic E-state index is 0.359. The number of nitrogens with zero attached hydrogens (tertiary/aromatic N) is 1. The first-order valence-corrected chi connectivity index (χ1v) is 5.25. The lowest BCUT2D eigenvalue weighted by molar-refractivity contribution is 0.324. The molecule has 1 nitrogen and oxygen atoms in total. The number of rotatable bonds is 5. The second-order valence-corrected chi connectivity index (χ2v) is 5.08. The molecular formula is C12H25N. The zero-order chi connectivity index (χ0) is 10.5. The molecule has 0 aliphatic heterocycles. The van der Waals surface area contributed by atoms with Gasteiger partial charge in [0.2, 0.25) is 0 Å². The summed E-state index contributed by atoms with van der Waals surface area (Å²) in [4.78, 5) is 2.29. The van der Waals surface area contributed by atoms with Crippen molar-refractivity contribution in [2.24, 2.45) is 5.41 Å². The fourth-order valence-electron chi connectivity index (χ4n) is 1.30. The summed E-state index contributed by atoms with van der Waals surface area (Å²) < 4.78 is 0. The van der Waals surface area contributed by atoms with Crippen molar-refractivity contribution < 1.29 is 0 Å². The Morgan fingerprint density at radius 2 is 1.85 bits per heavy atom. The predicted octanol–water partition coefficient (Wildman–Crippen LogP) is 3.67. The van der Waals surface area contributed by atoms with Gasteiger partial charge >= 0.3 is 0 Å². The molecule has 0 N–H and O–H groups in total.